The van der Waals surface area contributed by atoms with E-state index in [1.165, 1.54) is 6.92 Å². The summed E-state index contributed by atoms with van der Waals surface area (Å²) in [7, 11) is 0. The summed E-state index contributed by atoms with van der Waals surface area (Å²) in [6.45, 7) is 1.20. The number of nitrogens with zero attached hydrogens (tertiary/aromatic N) is 1. The minimum Gasteiger partial charge on any atom is -0.515 e. The second-order valence-electron chi connectivity index (χ2n) is 2.67. The van der Waals surface area contributed by atoms with Gasteiger partial charge in [-0.3, -0.25) is 9.97 Å². The molecule has 0 saturated heterocycles. The van der Waals surface area contributed by atoms with Crippen molar-refractivity contribution in [1.29, 1.82) is 0 Å². The van der Waals surface area contributed by atoms with Crippen molar-refractivity contribution >= 4 is 5.97 Å². The first kappa shape index (κ1) is 11.5. The summed E-state index contributed by atoms with van der Waals surface area (Å²) in [6, 6.07) is 0. The van der Waals surface area contributed by atoms with Gasteiger partial charge in [-0.15, -0.1) is 0 Å². The first-order chi connectivity index (χ1) is 7.45. The molecule has 0 unspecified atom stereocenters. The number of aromatic nitrogens is 3. The van der Waals surface area contributed by atoms with E-state index < -0.39 is 23.0 Å². The summed E-state index contributed by atoms with van der Waals surface area (Å²) < 4.78 is 0.0245. The summed E-state index contributed by atoms with van der Waals surface area (Å²) in [6.07, 6.45) is 0.452. The normalized spacial score (nSPS) is 11.2. The van der Waals surface area contributed by atoms with Crippen LogP contribution in [0, 0.1) is 0 Å². The molecule has 16 heavy (non-hydrogen) atoms. The van der Waals surface area contributed by atoms with Crippen molar-refractivity contribution in [2.45, 2.75) is 6.92 Å². The van der Waals surface area contributed by atoms with Gasteiger partial charge in [-0.05, 0) is 6.92 Å². The second kappa shape index (κ2) is 4.29. The van der Waals surface area contributed by atoms with Crippen molar-refractivity contribution in [1.82, 2.24) is 14.7 Å². The van der Waals surface area contributed by atoms with Crippen molar-refractivity contribution in [3.05, 3.63) is 43.3 Å². The van der Waals surface area contributed by atoms with E-state index in [1.54, 1.807) is 9.97 Å². The van der Waals surface area contributed by atoms with Gasteiger partial charge in [0.1, 0.15) is 0 Å². The van der Waals surface area contributed by atoms with Crippen LogP contribution in [0.4, 0.5) is 0 Å². The predicted octanol–water partition coefficient (Wildman–Crippen LogP) is -2.36. The number of hydrogen-bond donors (Lipinski definition) is 3. The minimum atomic E-state index is -1.20. The lowest BCUT2D eigenvalue weighted by Gasteiger charge is -2.02. The fourth-order valence-electron chi connectivity index (χ4n) is 0.710. The number of nitrogens with one attached hydrogen (secondary N) is 2. The molecule has 86 valence electrons. The lowest BCUT2D eigenvalue weighted by atomic mass is 10.4. The van der Waals surface area contributed by atoms with Crippen molar-refractivity contribution < 1.29 is 14.7 Å². The van der Waals surface area contributed by atoms with Crippen molar-refractivity contribution in [3.63, 3.8) is 0 Å². The Bertz CT molecular complexity index is 569. The number of H-pyrrole nitrogens is 2. The Morgan fingerprint density at radius 2 is 1.81 bits per heavy atom. The molecule has 0 bridgehead atoms. The van der Waals surface area contributed by atoms with Gasteiger partial charge in [0.15, 0.2) is 0 Å². The quantitative estimate of drug-likeness (QED) is 0.383. The molecule has 0 amide bonds. The Kier molecular flexibility index (Phi) is 3.09. The zero-order valence-corrected chi connectivity index (χ0v) is 8.01. The predicted molar refractivity (Wildman–Crippen MR) is 49.9 cm³/mol. The van der Waals surface area contributed by atoms with Crippen molar-refractivity contribution in [2.24, 2.45) is 0 Å². The Morgan fingerprint density at radius 1 is 1.31 bits per heavy atom. The molecule has 0 fully saturated rings. The lowest BCUT2D eigenvalue weighted by Crippen LogP contribution is -2.47. The first-order valence-corrected chi connectivity index (χ1v) is 3.95. The van der Waals surface area contributed by atoms with Crippen molar-refractivity contribution in [2.75, 3.05) is 0 Å². The Morgan fingerprint density at radius 3 is 2.25 bits per heavy atom. The molecule has 1 heterocycles. The monoisotopic (exact) mass is 229 g/mol. The molecule has 1 rings (SSSR count). The van der Waals surface area contributed by atoms with E-state index in [4.69, 9.17) is 5.11 Å². The molecule has 1 aromatic heterocycles. The van der Waals surface area contributed by atoms with E-state index >= 15 is 0 Å². The molecule has 0 spiro atoms. The van der Waals surface area contributed by atoms with Gasteiger partial charge in [-0.2, -0.15) is 0 Å². The number of rotatable bonds is 2. The van der Waals surface area contributed by atoms with E-state index in [9.17, 15) is 19.2 Å². The van der Waals surface area contributed by atoms with Crippen LogP contribution in [-0.2, 0) is 4.79 Å². The van der Waals surface area contributed by atoms with E-state index in [2.05, 4.69) is 4.84 Å². The van der Waals surface area contributed by atoms with Crippen LogP contribution in [-0.4, -0.2) is 25.8 Å². The molecule has 1 aromatic rings. The van der Waals surface area contributed by atoms with Gasteiger partial charge in [0.25, 0.3) is 0 Å². The third kappa shape index (κ3) is 2.26. The highest BCUT2D eigenvalue weighted by molar-refractivity contribution is 5.87. The van der Waals surface area contributed by atoms with Crippen molar-refractivity contribution in [3.8, 4) is 0 Å². The highest BCUT2D eigenvalue weighted by atomic mass is 16.7. The molecule has 9 heteroatoms. The van der Waals surface area contributed by atoms with Crippen LogP contribution in [0.2, 0.25) is 0 Å². The van der Waals surface area contributed by atoms with Crippen LogP contribution >= 0.6 is 0 Å². The fraction of sp³-hybridized carbons (Fsp3) is 0.143. The average Bonchev–Trinajstić information content (AvgIpc) is 2.21. The summed E-state index contributed by atoms with van der Waals surface area (Å²) in [5, 5.41) is 8.47. The zero-order valence-electron chi connectivity index (χ0n) is 8.01. The van der Waals surface area contributed by atoms with Crippen LogP contribution in [0.3, 0.4) is 0 Å². The molecule has 9 nitrogen and oxygen atoms in total. The van der Waals surface area contributed by atoms with Gasteiger partial charge in [0, 0.05) is 0 Å². The van der Waals surface area contributed by atoms with Crippen LogP contribution < -0.4 is 21.9 Å². The summed E-state index contributed by atoms with van der Waals surface area (Å²) in [4.78, 5) is 51.4. The number of carbonyl (C=O) groups excluding carboxylic acids is 1. The number of hydrogen-bond acceptors (Lipinski definition) is 6. The SMILES string of the molecule is CC(=CO)C(=O)On1c(=O)[nH]c(=O)[nH]c1=O. The molecular formula is C7H7N3O6. The van der Waals surface area contributed by atoms with Crippen LogP contribution in [0.5, 0.6) is 0 Å². The summed E-state index contributed by atoms with van der Waals surface area (Å²) in [5.41, 5.74) is -3.64. The number of aliphatic hydroxyl groups excluding tert-OH is 1. The third-order valence-electron chi connectivity index (χ3n) is 1.50. The van der Waals surface area contributed by atoms with Gasteiger partial charge < -0.3 is 9.94 Å². The van der Waals surface area contributed by atoms with Gasteiger partial charge in [0.05, 0.1) is 11.8 Å². The number of aromatic amines is 2. The maximum Gasteiger partial charge on any atom is 0.367 e. The minimum absolute atomic E-state index is 0.0245. The van der Waals surface area contributed by atoms with Gasteiger partial charge in [0.2, 0.25) is 0 Å². The van der Waals surface area contributed by atoms with E-state index in [1.807, 2.05) is 0 Å². The number of carbonyl (C=O) groups is 1. The number of aliphatic hydroxyl groups is 1. The first-order valence-electron chi connectivity index (χ1n) is 3.95. The largest absolute Gasteiger partial charge is 0.515 e. The smallest absolute Gasteiger partial charge is 0.367 e. The fourth-order valence-corrected chi connectivity index (χ4v) is 0.710. The topological polar surface area (TPSA) is 134 Å². The van der Waals surface area contributed by atoms with Gasteiger partial charge in [-0.25, -0.2) is 19.2 Å². The van der Waals surface area contributed by atoms with E-state index in [-0.39, 0.29) is 10.3 Å². The zero-order chi connectivity index (χ0) is 12.3. The lowest BCUT2D eigenvalue weighted by molar-refractivity contribution is -0.140. The van der Waals surface area contributed by atoms with Crippen LogP contribution in [0.25, 0.3) is 0 Å². The maximum atomic E-state index is 11.1. The highest BCUT2D eigenvalue weighted by Gasteiger charge is 2.11. The average molecular weight is 229 g/mol. The molecule has 3 N–H and O–H groups in total. The molecule has 0 aliphatic carbocycles. The summed E-state index contributed by atoms with van der Waals surface area (Å²) in [5.74, 6) is -1.11. The summed E-state index contributed by atoms with van der Waals surface area (Å²) >= 11 is 0. The van der Waals surface area contributed by atoms with Gasteiger partial charge >= 0.3 is 23.0 Å². The Balaban J connectivity index is 3.18. The van der Waals surface area contributed by atoms with Crippen LogP contribution in [0.1, 0.15) is 6.92 Å². The third-order valence-corrected chi connectivity index (χ3v) is 1.50. The Labute approximate surface area is 86.6 Å². The van der Waals surface area contributed by atoms with Crippen LogP contribution in [0.15, 0.2) is 26.2 Å². The molecule has 0 aliphatic heterocycles. The Hall–Kier alpha value is -2.58. The second-order valence-corrected chi connectivity index (χ2v) is 2.67. The maximum absolute atomic E-state index is 11.1. The van der Waals surface area contributed by atoms with Gasteiger partial charge in [-0.1, -0.05) is 4.73 Å². The standard InChI is InChI=1S/C7H7N3O6/c1-3(2-11)4(12)16-10-6(14)8-5(13)9-7(10)15/h2,11H,1H3,(H2,8,9,13,14,15). The molecule has 0 radical (unpaired) electrons. The molecule has 0 atom stereocenters. The van der Waals surface area contributed by atoms with E-state index in [0.29, 0.717) is 6.26 Å². The molecular weight excluding hydrogens is 222 g/mol. The molecule has 0 saturated carbocycles. The molecule has 0 aromatic carbocycles. The molecule has 0 aliphatic rings. The van der Waals surface area contributed by atoms with E-state index in [0.717, 1.165) is 0 Å². The highest BCUT2D eigenvalue weighted by Crippen LogP contribution is 1.89.